The molecular formula is C13H17N3. The molecule has 0 saturated heterocycles. The number of benzene rings is 1. The van der Waals surface area contributed by atoms with Crippen molar-refractivity contribution in [3.8, 4) is 11.1 Å². The fourth-order valence-electron chi connectivity index (χ4n) is 1.93. The minimum Gasteiger partial charge on any atom is -0.383 e. The number of aromatic nitrogens is 2. The van der Waals surface area contributed by atoms with Crippen molar-refractivity contribution in [1.29, 1.82) is 0 Å². The lowest BCUT2D eigenvalue weighted by Crippen LogP contribution is -1.98. The Hall–Kier alpha value is -1.77. The molecule has 1 aromatic heterocycles. The zero-order valence-electron chi connectivity index (χ0n) is 10.2. The topological polar surface area (TPSA) is 43.8 Å². The molecule has 1 aromatic carbocycles. The molecule has 0 radical (unpaired) electrons. The molecule has 0 aliphatic carbocycles. The van der Waals surface area contributed by atoms with E-state index in [-0.39, 0.29) is 0 Å². The van der Waals surface area contributed by atoms with E-state index < -0.39 is 0 Å². The second kappa shape index (κ2) is 3.67. The predicted molar refractivity (Wildman–Crippen MR) is 67.3 cm³/mol. The minimum atomic E-state index is 0.723. The number of aryl methyl sites for hydroxylation is 4. The Kier molecular flexibility index (Phi) is 2.46. The summed E-state index contributed by atoms with van der Waals surface area (Å²) in [4.78, 5) is 0. The van der Waals surface area contributed by atoms with Crippen LogP contribution in [0.25, 0.3) is 11.1 Å². The first kappa shape index (κ1) is 10.7. The first-order valence-electron chi connectivity index (χ1n) is 5.37. The maximum atomic E-state index is 6.02. The SMILES string of the molecule is Cc1ccc(-c2c(C)nn(C)c2N)cc1C. The molecule has 1 heterocycles. The van der Waals surface area contributed by atoms with Gasteiger partial charge in [0.25, 0.3) is 0 Å². The summed E-state index contributed by atoms with van der Waals surface area (Å²) >= 11 is 0. The minimum absolute atomic E-state index is 0.723. The van der Waals surface area contributed by atoms with Gasteiger partial charge in [-0.3, -0.25) is 4.68 Å². The van der Waals surface area contributed by atoms with Gasteiger partial charge in [0.15, 0.2) is 0 Å². The Morgan fingerprint density at radius 3 is 2.31 bits per heavy atom. The van der Waals surface area contributed by atoms with E-state index in [4.69, 9.17) is 5.73 Å². The van der Waals surface area contributed by atoms with Crippen molar-refractivity contribution in [3.63, 3.8) is 0 Å². The molecule has 3 heteroatoms. The molecule has 0 aliphatic heterocycles. The van der Waals surface area contributed by atoms with Gasteiger partial charge in [0, 0.05) is 12.6 Å². The van der Waals surface area contributed by atoms with Crippen LogP contribution in [0, 0.1) is 20.8 Å². The summed E-state index contributed by atoms with van der Waals surface area (Å²) in [6, 6.07) is 6.38. The highest BCUT2D eigenvalue weighted by atomic mass is 15.3. The van der Waals surface area contributed by atoms with Gasteiger partial charge in [0.2, 0.25) is 0 Å². The van der Waals surface area contributed by atoms with E-state index in [0.717, 1.165) is 22.6 Å². The Bertz CT molecular complexity index is 538. The van der Waals surface area contributed by atoms with E-state index in [9.17, 15) is 0 Å². The van der Waals surface area contributed by atoms with E-state index >= 15 is 0 Å². The number of nitrogens with zero attached hydrogens (tertiary/aromatic N) is 2. The van der Waals surface area contributed by atoms with Crippen molar-refractivity contribution in [2.45, 2.75) is 20.8 Å². The van der Waals surface area contributed by atoms with Gasteiger partial charge in [-0.15, -0.1) is 0 Å². The summed E-state index contributed by atoms with van der Waals surface area (Å²) < 4.78 is 1.72. The number of anilines is 1. The number of nitrogen functional groups attached to an aromatic ring is 1. The van der Waals surface area contributed by atoms with Gasteiger partial charge in [-0.05, 0) is 37.5 Å². The molecule has 0 unspecified atom stereocenters. The molecule has 3 nitrogen and oxygen atoms in total. The fourth-order valence-corrected chi connectivity index (χ4v) is 1.93. The van der Waals surface area contributed by atoms with Crippen molar-refractivity contribution in [2.75, 3.05) is 5.73 Å². The van der Waals surface area contributed by atoms with Gasteiger partial charge < -0.3 is 5.73 Å². The zero-order chi connectivity index (χ0) is 11.9. The number of hydrogen-bond donors (Lipinski definition) is 1. The third-order valence-corrected chi connectivity index (χ3v) is 3.06. The van der Waals surface area contributed by atoms with Crippen molar-refractivity contribution >= 4 is 5.82 Å². The summed E-state index contributed by atoms with van der Waals surface area (Å²) in [7, 11) is 1.87. The molecule has 0 aliphatic rings. The van der Waals surface area contributed by atoms with Crippen LogP contribution >= 0.6 is 0 Å². The van der Waals surface area contributed by atoms with Gasteiger partial charge in [0.1, 0.15) is 5.82 Å². The van der Waals surface area contributed by atoms with Crippen LogP contribution in [-0.4, -0.2) is 9.78 Å². The van der Waals surface area contributed by atoms with Crippen LogP contribution in [0.4, 0.5) is 5.82 Å². The lowest BCUT2D eigenvalue weighted by molar-refractivity contribution is 0.767. The van der Waals surface area contributed by atoms with E-state index in [1.54, 1.807) is 4.68 Å². The van der Waals surface area contributed by atoms with Crippen LogP contribution in [0.2, 0.25) is 0 Å². The Balaban J connectivity index is 2.63. The maximum Gasteiger partial charge on any atom is 0.129 e. The van der Waals surface area contributed by atoms with Crippen molar-refractivity contribution in [1.82, 2.24) is 9.78 Å². The molecule has 84 valence electrons. The Labute approximate surface area is 95.9 Å². The van der Waals surface area contributed by atoms with Gasteiger partial charge >= 0.3 is 0 Å². The first-order chi connectivity index (χ1) is 7.50. The monoisotopic (exact) mass is 215 g/mol. The summed E-state index contributed by atoms with van der Waals surface area (Å²) in [5.41, 5.74) is 11.8. The molecule has 0 fully saturated rings. The molecular weight excluding hydrogens is 198 g/mol. The van der Waals surface area contributed by atoms with Gasteiger partial charge in [0.05, 0.1) is 5.69 Å². The molecule has 0 amide bonds. The fraction of sp³-hybridized carbons (Fsp3) is 0.308. The molecule has 0 atom stereocenters. The molecule has 2 N–H and O–H groups in total. The maximum absolute atomic E-state index is 6.02. The van der Waals surface area contributed by atoms with Crippen molar-refractivity contribution in [3.05, 3.63) is 35.0 Å². The van der Waals surface area contributed by atoms with Crippen molar-refractivity contribution < 1.29 is 0 Å². The lowest BCUT2D eigenvalue weighted by atomic mass is 10.0. The molecule has 0 spiro atoms. The van der Waals surface area contributed by atoms with Crippen LogP contribution in [0.1, 0.15) is 16.8 Å². The third-order valence-electron chi connectivity index (χ3n) is 3.06. The van der Waals surface area contributed by atoms with Crippen LogP contribution in [-0.2, 0) is 7.05 Å². The van der Waals surface area contributed by atoms with Gasteiger partial charge in [-0.1, -0.05) is 18.2 Å². The summed E-state index contributed by atoms with van der Waals surface area (Å²) in [6.07, 6.45) is 0. The zero-order valence-corrected chi connectivity index (χ0v) is 10.2. The average Bonchev–Trinajstić information content (AvgIpc) is 2.47. The first-order valence-corrected chi connectivity index (χ1v) is 5.37. The van der Waals surface area contributed by atoms with Crippen molar-refractivity contribution in [2.24, 2.45) is 7.05 Å². The van der Waals surface area contributed by atoms with Crippen LogP contribution in [0.5, 0.6) is 0 Å². The summed E-state index contributed by atoms with van der Waals surface area (Å²) in [5.74, 6) is 0.723. The predicted octanol–water partition coefficient (Wildman–Crippen LogP) is 2.59. The standard InChI is InChI=1S/C13H17N3/c1-8-5-6-11(7-9(8)2)12-10(3)15-16(4)13(12)14/h5-7H,14H2,1-4H3. The largest absolute Gasteiger partial charge is 0.383 e. The summed E-state index contributed by atoms with van der Waals surface area (Å²) in [5, 5.41) is 4.33. The second-order valence-corrected chi connectivity index (χ2v) is 4.27. The van der Waals surface area contributed by atoms with E-state index in [0.29, 0.717) is 0 Å². The number of rotatable bonds is 1. The van der Waals surface area contributed by atoms with Crippen LogP contribution in [0.3, 0.4) is 0 Å². The average molecular weight is 215 g/mol. The highest BCUT2D eigenvalue weighted by Gasteiger charge is 2.12. The highest BCUT2D eigenvalue weighted by Crippen LogP contribution is 2.29. The van der Waals surface area contributed by atoms with Gasteiger partial charge in [-0.25, -0.2) is 0 Å². The third kappa shape index (κ3) is 1.58. The molecule has 2 aromatic rings. The Morgan fingerprint density at radius 1 is 1.12 bits per heavy atom. The van der Waals surface area contributed by atoms with E-state index in [1.165, 1.54) is 11.1 Å². The van der Waals surface area contributed by atoms with Gasteiger partial charge in [-0.2, -0.15) is 5.10 Å². The molecule has 0 saturated carbocycles. The lowest BCUT2D eigenvalue weighted by Gasteiger charge is -2.05. The number of nitrogens with two attached hydrogens (primary N) is 1. The van der Waals surface area contributed by atoms with Crippen LogP contribution in [0.15, 0.2) is 18.2 Å². The van der Waals surface area contributed by atoms with E-state index in [1.807, 2.05) is 14.0 Å². The number of hydrogen-bond acceptors (Lipinski definition) is 2. The quantitative estimate of drug-likeness (QED) is 0.794. The van der Waals surface area contributed by atoms with Crippen LogP contribution < -0.4 is 5.73 Å². The molecule has 0 bridgehead atoms. The second-order valence-electron chi connectivity index (χ2n) is 4.27. The molecule has 16 heavy (non-hydrogen) atoms. The van der Waals surface area contributed by atoms with E-state index in [2.05, 4.69) is 37.1 Å². The summed E-state index contributed by atoms with van der Waals surface area (Å²) in [6.45, 7) is 6.21. The normalized spacial score (nSPS) is 10.8. The Morgan fingerprint density at radius 2 is 1.81 bits per heavy atom. The highest BCUT2D eigenvalue weighted by molar-refractivity contribution is 5.77. The molecule has 2 rings (SSSR count). The smallest absolute Gasteiger partial charge is 0.129 e.